The Bertz CT molecular complexity index is 315. The fourth-order valence-corrected chi connectivity index (χ4v) is 2.16. The zero-order chi connectivity index (χ0) is 10.6. The summed E-state index contributed by atoms with van der Waals surface area (Å²) in [5.41, 5.74) is 0.950. The fourth-order valence-electron chi connectivity index (χ4n) is 1.14. The lowest BCUT2D eigenvalue weighted by Gasteiger charge is -2.13. The van der Waals surface area contributed by atoms with Crippen molar-refractivity contribution in [3.63, 3.8) is 0 Å². The monoisotopic (exact) mass is 276 g/mol. The molecule has 0 aliphatic carbocycles. The van der Waals surface area contributed by atoms with E-state index in [2.05, 4.69) is 26.2 Å². The lowest BCUT2D eigenvalue weighted by Crippen LogP contribution is -2.22. The molecule has 2 atom stereocenters. The number of anilines is 1. The van der Waals surface area contributed by atoms with E-state index in [9.17, 15) is 4.21 Å². The molecule has 0 amide bonds. The van der Waals surface area contributed by atoms with E-state index < -0.39 is 10.8 Å². The predicted molar refractivity (Wildman–Crippen MR) is 64.0 cm³/mol. The molecule has 3 nitrogen and oxygen atoms in total. The number of halogens is 1. The van der Waals surface area contributed by atoms with E-state index >= 15 is 0 Å². The minimum Gasteiger partial charge on any atom is -0.380 e. The first-order valence-electron chi connectivity index (χ1n) is 4.26. The molecule has 14 heavy (non-hydrogen) atoms. The molecule has 0 aliphatic heterocycles. The first kappa shape index (κ1) is 11.7. The van der Waals surface area contributed by atoms with E-state index in [1.54, 1.807) is 12.5 Å². The van der Waals surface area contributed by atoms with Crippen LogP contribution in [0.1, 0.15) is 6.92 Å². The highest BCUT2D eigenvalue weighted by Gasteiger charge is 2.03. The van der Waals surface area contributed by atoms with Crippen LogP contribution < -0.4 is 5.32 Å². The van der Waals surface area contributed by atoms with Gasteiger partial charge in [-0.3, -0.25) is 4.21 Å². The standard InChI is InChI=1S/C9H13BrN2OS/c1-7(6-14(2)13)12-8-3-4-9(10)11-5-8/h3-5,7,12H,6H2,1-2H3. The number of rotatable bonds is 4. The second kappa shape index (κ2) is 5.46. The molecule has 2 unspecified atom stereocenters. The van der Waals surface area contributed by atoms with Crippen molar-refractivity contribution >= 4 is 32.4 Å². The summed E-state index contributed by atoms with van der Waals surface area (Å²) < 4.78 is 11.8. The third-order valence-corrected chi connectivity index (χ3v) is 3.06. The van der Waals surface area contributed by atoms with E-state index in [1.807, 2.05) is 19.1 Å². The molecule has 1 aromatic heterocycles. The SMILES string of the molecule is CC(CS(C)=O)Nc1ccc(Br)nc1. The Morgan fingerprint density at radius 3 is 2.86 bits per heavy atom. The topological polar surface area (TPSA) is 42.0 Å². The highest BCUT2D eigenvalue weighted by Crippen LogP contribution is 2.11. The number of pyridine rings is 1. The molecule has 0 aliphatic rings. The summed E-state index contributed by atoms with van der Waals surface area (Å²) in [6.07, 6.45) is 3.46. The van der Waals surface area contributed by atoms with Gasteiger partial charge in [0.05, 0.1) is 11.9 Å². The van der Waals surface area contributed by atoms with Crippen molar-refractivity contribution in [1.82, 2.24) is 4.98 Å². The van der Waals surface area contributed by atoms with Gasteiger partial charge in [-0.25, -0.2) is 4.98 Å². The lowest BCUT2D eigenvalue weighted by atomic mass is 10.3. The third kappa shape index (κ3) is 4.19. The Morgan fingerprint density at radius 2 is 2.36 bits per heavy atom. The molecule has 1 rings (SSSR count). The van der Waals surface area contributed by atoms with Crippen LogP contribution in [0.2, 0.25) is 0 Å². The van der Waals surface area contributed by atoms with E-state index in [4.69, 9.17) is 0 Å². The van der Waals surface area contributed by atoms with E-state index in [-0.39, 0.29) is 6.04 Å². The zero-order valence-electron chi connectivity index (χ0n) is 8.16. The van der Waals surface area contributed by atoms with Crippen LogP contribution in [0.4, 0.5) is 5.69 Å². The van der Waals surface area contributed by atoms with Gasteiger partial charge in [0.1, 0.15) is 4.60 Å². The average Bonchev–Trinajstić information content (AvgIpc) is 2.07. The molecular formula is C9H13BrN2OS. The number of nitrogens with zero attached hydrogens (tertiary/aromatic N) is 1. The van der Waals surface area contributed by atoms with Crippen LogP contribution in [-0.4, -0.2) is 27.2 Å². The largest absolute Gasteiger partial charge is 0.380 e. The molecule has 1 aromatic rings. The van der Waals surface area contributed by atoms with Crippen molar-refractivity contribution < 1.29 is 4.21 Å². The molecule has 1 heterocycles. The van der Waals surface area contributed by atoms with Crippen molar-refractivity contribution in [1.29, 1.82) is 0 Å². The zero-order valence-corrected chi connectivity index (χ0v) is 10.6. The highest BCUT2D eigenvalue weighted by molar-refractivity contribution is 9.10. The van der Waals surface area contributed by atoms with Crippen molar-refractivity contribution in [2.75, 3.05) is 17.3 Å². The second-order valence-electron chi connectivity index (χ2n) is 3.15. The molecule has 5 heteroatoms. The summed E-state index contributed by atoms with van der Waals surface area (Å²) in [4.78, 5) is 4.09. The fraction of sp³-hybridized carbons (Fsp3) is 0.444. The van der Waals surface area contributed by atoms with Gasteiger partial charge in [0.2, 0.25) is 0 Å². The Labute approximate surface area is 94.9 Å². The van der Waals surface area contributed by atoms with Crippen LogP contribution in [0.25, 0.3) is 0 Å². The lowest BCUT2D eigenvalue weighted by molar-refractivity contribution is 0.683. The van der Waals surface area contributed by atoms with Crippen LogP contribution in [0.5, 0.6) is 0 Å². The quantitative estimate of drug-likeness (QED) is 0.856. The molecule has 0 saturated carbocycles. The van der Waals surface area contributed by atoms with Crippen molar-refractivity contribution in [3.05, 3.63) is 22.9 Å². The van der Waals surface area contributed by atoms with Gasteiger partial charge in [-0.1, -0.05) is 0 Å². The number of hydrogen-bond acceptors (Lipinski definition) is 3. The van der Waals surface area contributed by atoms with Crippen molar-refractivity contribution in [2.24, 2.45) is 0 Å². The summed E-state index contributed by atoms with van der Waals surface area (Å²) in [7, 11) is -0.766. The maximum atomic E-state index is 10.9. The molecule has 0 radical (unpaired) electrons. The van der Waals surface area contributed by atoms with E-state index in [0.717, 1.165) is 10.3 Å². The molecule has 78 valence electrons. The van der Waals surface area contributed by atoms with Gasteiger partial charge in [0, 0.05) is 28.9 Å². The van der Waals surface area contributed by atoms with Crippen LogP contribution in [0, 0.1) is 0 Å². The Kier molecular flexibility index (Phi) is 4.54. The molecule has 0 spiro atoms. The van der Waals surface area contributed by atoms with Crippen LogP contribution in [0.3, 0.4) is 0 Å². The Morgan fingerprint density at radius 1 is 1.64 bits per heavy atom. The number of nitrogens with one attached hydrogen (secondary N) is 1. The van der Waals surface area contributed by atoms with Crippen molar-refractivity contribution in [3.8, 4) is 0 Å². The van der Waals surface area contributed by atoms with E-state index in [0.29, 0.717) is 5.75 Å². The number of aromatic nitrogens is 1. The minimum atomic E-state index is -0.766. The molecule has 0 saturated heterocycles. The van der Waals surface area contributed by atoms with Gasteiger partial charge >= 0.3 is 0 Å². The van der Waals surface area contributed by atoms with Crippen LogP contribution in [-0.2, 0) is 10.8 Å². The minimum absolute atomic E-state index is 0.198. The maximum Gasteiger partial charge on any atom is 0.106 e. The van der Waals surface area contributed by atoms with Gasteiger partial charge in [-0.15, -0.1) is 0 Å². The van der Waals surface area contributed by atoms with E-state index in [1.165, 1.54) is 0 Å². The number of hydrogen-bond donors (Lipinski definition) is 1. The van der Waals surface area contributed by atoms with Gasteiger partial charge in [0.15, 0.2) is 0 Å². The third-order valence-electron chi connectivity index (χ3n) is 1.63. The van der Waals surface area contributed by atoms with Gasteiger partial charge in [0.25, 0.3) is 0 Å². The molecule has 0 bridgehead atoms. The first-order valence-corrected chi connectivity index (χ1v) is 6.78. The molecule has 0 aromatic carbocycles. The summed E-state index contributed by atoms with van der Waals surface area (Å²) in [5.74, 6) is 0.649. The Balaban J connectivity index is 2.51. The maximum absolute atomic E-state index is 10.9. The molecule has 1 N–H and O–H groups in total. The molecule has 0 fully saturated rings. The smallest absolute Gasteiger partial charge is 0.106 e. The Hall–Kier alpha value is -0.420. The van der Waals surface area contributed by atoms with Crippen LogP contribution in [0.15, 0.2) is 22.9 Å². The van der Waals surface area contributed by atoms with Crippen LogP contribution >= 0.6 is 15.9 Å². The summed E-state index contributed by atoms with van der Waals surface area (Å²) >= 11 is 3.26. The molecular weight excluding hydrogens is 264 g/mol. The van der Waals surface area contributed by atoms with Crippen molar-refractivity contribution in [2.45, 2.75) is 13.0 Å². The predicted octanol–water partition coefficient (Wildman–Crippen LogP) is 2.02. The summed E-state index contributed by atoms with van der Waals surface area (Å²) in [6.45, 7) is 2.00. The van der Waals surface area contributed by atoms with Gasteiger partial charge in [-0.05, 0) is 35.0 Å². The first-order chi connectivity index (χ1) is 6.58. The van der Waals surface area contributed by atoms with Gasteiger partial charge in [-0.2, -0.15) is 0 Å². The van der Waals surface area contributed by atoms with Gasteiger partial charge < -0.3 is 5.32 Å². The highest BCUT2D eigenvalue weighted by atomic mass is 79.9. The summed E-state index contributed by atoms with van der Waals surface area (Å²) in [5, 5.41) is 3.22. The average molecular weight is 277 g/mol. The second-order valence-corrected chi connectivity index (χ2v) is 5.45. The normalized spacial score (nSPS) is 14.8. The summed E-state index contributed by atoms with van der Waals surface area (Å²) in [6, 6.07) is 4.01.